The van der Waals surface area contributed by atoms with E-state index in [2.05, 4.69) is 4.98 Å². The maximum atomic E-state index is 14.1. The summed E-state index contributed by atoms with van der Waals surface area (Å²) in [6.07, 6.45) is 0.824. The molecule has 0 fully saturated rings. The quantitative estimate of drug-likeness (QED) is 0.401. The van der Waals surface area contributed by atoms with Gasteiger partial charge in [0.2, 0.25) is 5.43 Å². The molecule has 2 heterocycles. The molecular formula is C15H11BClF5N2O3. The smallest absolute Gasteiger partial charge is 0.341 e. The Kier molecular flexibility index (Phi) is 7.69. The number of carboxylic acids is 1. The third kappa shape index (κ3) is 4.08. The lowest BCUT2D eigenvalue weighted by molar-refractivity contribution is 0.0695. The van der Waals surface area contributed by atoms with E-state index in [1.165, 1.54) is 0 Å². The number of nitrogens with zero attached hydrogens (tertiary/aromatic N) is 2. The first-order chi connectivity index (χ1) is 11.3. The Morgan fingerprint density at radius 1 is 1.11 bits per heavy atom. The summed E-state index contributed by atoms with van der Waals surface area (Å²) in [5.41, 5.74) is -2.27. The zero-order chi connectivity index (χ0) is 17.6. The molecule has 0 saturated heterocycles. The van der Waals surface area contributed by atoms with Crippen LogP contribution in [0.1, 0.15) is 10.4 Å². The minimum atomic E-state index is -1.59. The van der Waals surface area contributed by atoms with Crippen LogP contribution >= 0.6 is 11.6 Å². The highest BCUT2D eigenvalue weighted by molar-refractivity contribution is 6.29. The average molecular weight is 409 g/mol. The monoisotopic (exact) mass is 408 g/mol. The van der Waals surface area contributed by atoms with E-state index < -0.39 is 45.0 Å². The second kappa shape index (κ2) is 8.63. The number of aromatic carboxylic acids is 1. The molecule has 0 amide bonds. The summed E-state index contributed by atoms with van der Waals surface area (Å²) < 4.78 is 41.7. The minimum Gasteiger partial charge on any atom is -0.477 e. The number of hydrogen-bond acceptors (Lipinski definition) is 3. The topological polar surface area (TPSA) is 72.2 Å². The second-order valence-electron chi connectivity index (χ2n) is 4.77. The molecule has 0 saturated carbocycles. The number of aromatic nitrogens is 2. The molecule has 0 aliphatic rings. The van der Waals surface area contributed by atoms with Gasteiger partial charge in [-0.1, -0.05) is 11.6 Å². The van der Waals surface area contributed by atoms with Gasteiger partial charge >= 0.3 is 5.97 Å². The van der Waals surface area contributed by atoms with Crippen molar-refractivity contribution in [3.05, 3.63) is 68.9 Å². The van der Waals surface area contributed by atoms with Crippen molar-refractivity contribution in [3.63, 3.8) is 0 Å². The van der Waals surface area contributed by atoms with Crippen LogP contribution in [0.25, 0.3) is 16.7 Å². The summed E-state index contributed by atoms with van der Waals surface area (Å²) in [7, 11) is 0. The Morgan fingerprint density at radius 2 is 1.74 bits per heavy atom. The van der Waals surface area contributed by atoms with Crippen LogP contribution in [-0.2, 0) is 0 Å². The van der Waals surface area contributed by atoms with Gasteiger partial charge in [0.1, 0.15) is 17.2 Å². The van der Waals surface area contributed by atoms with Gasteiger partial charge in [-0.3, -0.25) is 18.8 Å². The fourth-order valence-electron chi connectivity index (χ4n) is 2.21. The van der Waals surface area contributed by atoms with Gasteiger partial charge in [0.05, 0.1) is 19.5 Å². The highest BCUT2D eigenvalue weighted by Gasteiger charge is 2.19. The van der Waals surface area contributed by atoms with Crippen LogP contribution < -0.4 is 5.43 Å². The lowest BCUT2D eigenvalue weighted by Gasteiger charge is -2.13. The largest absolute Gasteiger partial charge is 0.477 e. The zero-order valence-electron chi connectivity index (χ0n) is 12.4. The Hall–Kier alpha value is -2.95. The Balaban J connectivity index is 0.00000225. The SMILES string of the molecule is B.F.F.O=C(O)c1cn(-c2ccc(F)cc2F)c2nc(Cl)c(F)cc2c1=O. The molecular weight excluding hydrogens is 397 g/mol. The van der Waals surface area contributed by atoms with Gasteiger partial charge in [-0.25, -0.2) is 22.9 Å². The summed E-state index contributed by atoms with van der Waals surface area (Å²) in [6.45, 7) is 0. The summed E-state index contributed by atoms with van der Waals surface area (Å²) in [6, 6.07) is 3.26. The van der Waals surface area contributed by atoms with Gasteiger partial charge in [0, 0.05) is 12.3 Å². The van der Waals surface area contributed by atoms with Crippen LogP contribution in [0.15, 0.2) is 35.3 Å². The Bertz CT molecular complexity index is 1080. The van der Waals surface area contributed by atoms with Crippen molar-refractivity contribution in [2.75, 3.05) is 0 Å². The van der Waals surface area contributed by atoms with Gasteiger partial charge in [-0.15, -0.1) is 0 Å². The Labute approximate surface area is 154 Å². The molecule has 0 bridgehead atoms. The van der Waals surface area contributed by atoms with E-state index in [0.29, 0.717) is 6.07 Å². The molecule has 2 aromatic heterocycles. The van der Waals surface area contributed by atoms with E-state index in [-0.39, 0.29) is 29.2 Å². The molecule has 0 atom stereocenters. The first-order valence-electron chi connectivity index (χ1n) is 6.39. The zero-order valence-corrected chi connectivity index (χ0v) is 13.1. The number of fused-ring (bicyclic) bond motifs is 1. The van der Waals surface area contributed by atoms with Crippen LogP contribution in [0.4, 0.5) is 22.6 Å². The summed E-state index contributed by atoms with van der Waals surface area (Å²) in [5, 5.41) is 8.14. The molecule has 27 heavy (non-hydrogen) atoms. The molecule has 0 unspecified atom stereocenters. The van der Waals surface area contributed by atoms with Gasteiger partial charge < -0.3 is 5.11 Å². The Morgan fingerprint density at radius 3 is 2.30 bits per heavy atom. The maximum absolute atomic E-state index is 14.1. The van der Waals surface area contributed by atoms with E-state index in [1.54, 1.807) is 0 Å². The van der Waals surface area contributed by atoms with E-state index in [9.17, 15) is 22.8 Å². The standard InChI is InChI=1S/C15H6ClF3N2O3.BH3.2FH/c16-13-10(19)4-7-12(22)8(15(23)24)5-21(14(7)20-13)11-2-1-6(17)3-9(11)18;;;/h1-5H,(H,23,24);1H3;2*1H. The molecule has 0 aliphatic carbocycles. The van der Waals surface area contributed by atoms with E-state index in [4.69, 9.17) is 16.7 Å². The first-order valence-corrected chi connectivity index (χ1v) is 6.77. The molecule has 1 aromatic carbocycles. The van der Waals surface area contributed by atoms with Gasteiger partial charge in [0.15, 0.2) is 16.6 Å². The summed E-state index contributed by atoms with van der Waals surface area (Å²) in [4.78, 5) is 27.1. The highest BCUT2D eigenvalue weighted by Crippen LogP contribution is 2.23. The number of hydrogen-bond donors (Lipinski definition) is 1. The van der Waals surface area contributed by atoms with Crippen molar-refractivity contribution in [1.29, 1.82) is 0 Å². The van der Waals surface area contributed by atoms with Crippen molar-refractivity contribution in [2.45, 2.75) is 0 Å². The van der Waals surface area contributed by atoms with Crippen LogP contribution in [-0.4, -0.2) is 29.0 Å². The molecule has 3 rings (SSSR count). The summed E-state index contributed by atoms with van der Waals surface area (Å²) in [5.74, 6) is -4.50. The number of rotatable bonds is 2. The van der Waals surface area contributed by atoms with E-state index >= 15 is 0 Å². The minimum absolute atomic E-state index is 0. The highest BCUT2D eigenvalue weighted by atomic mass is 35.5. The van der Waals surface area contributed by atoms with Gasteiger partial charge in [0.25, 0.3) is 0 Å². The van der Waals surface area contributed by atoms with Crippen LogP contribution in [0.3, 0.4) is 0 Å². The van der Waals surface area contributed by atoms with E-state index in [1.807, 2.05) is 0 Å². The number of carboxylic acid groups (broad SMARTS) is 1. The number of pyridine rings is 2. The predicted molar refractivity (Wildman–Crippen MR) is 94.1 cm³/mol. The van der Waals surface area contributed by atoms with Crippen LogP contribution in [0, 0.1) is 17.5 Å². The number of benzene rings is 1. The fraction of sp³-hybridized carbons (Fsp3) is 0. The van der Waals surface area contributed by atoms with Crippen LogP contribution in [0.5, 0.6) is 0 Å². The van der Waals surface area contributed by atoms with Crippen molar-refractivity contribution in [2.24, 2.45) is 0 Å². The lowest BCUT2D eigenvalue weighted by Crippen LogP contribution is -2.19. The van der Waals surface area contributed by atoms with Crippen LogP contribution in [0.2, 0.25) is 5.15 Å². The molecule has 144 valence electrons. The maximum Gasteiger partial charge on any atom is 0.341 e. The number of halogens is 6. The third-order valence-electron chi connectivity index (χ3n) is 3.29. The first kappa shape index (κ1) is 24.1. The molecule has 0 radical (unpaired) electrons. The second-order valence-corrected chi connectivity index (χ2v) is 5.13. The predicted octanol–water partition coefficient (Wildman–Crippen LogP) is 2.28. The van der Waals surface area contributed by atoms with Crippen molar-refractivity contribution in [1.82, 2.24) is 9.55 Å². The lowest BCUT2D eigenvalue weighted by atomic mass is 10.1. The fourth-order valence-corrected chi connectivity index (χ4v) is 2.35. The summed E-state index contributed by atoms with van der Waals surface area (Å²) >= 11 is 5.60. The number of carbonyl (C=O) groups is 1. The average Bonchev–Trinajstić information content (AvgIpc) is 2.50. The third-order valence-corrected chi connectivity index (χ3v) is 3.55. The van der Waals surface area contributed by atoms with Crippen molar-refractivity contribution in [3.8, 4) is 5.69 Å². The normalized spacial score (nSPS) is 9.78. The molecule has 1 N–H and O–H groups in total. The van der Waals surface area contributed by atoms with Gasteiger partial charge in [-0.2, -0.15) is 0 Å². The van der Waals surface area contributed by atoms with Crippen molar-refractivity contribution < 1.29 is 32.5 Å². The van der Waals surface area contributed by atoms with E-state index in [0.717, 1.165) is 29.0 Å². The van der Waals surface area contributed by atoms with Gasteiger partial charge in [-0.05, 0) is 18.2 Å². The molecule has 0 spiro atoms. The molecule has 12 heteroatoms. The molecule has 3 aromatic rings. The molecule has 5 nitrogen and oxygen atoms in total. The molecule has 0 aliphatic heterocycles. The van der Waals surface area contributed by atoms with Crippen molar-refractivity contribution >= 4 is 37.0 Å².